The molecule has 7 heteroatoms. The normalized spacial score (nSPS) is 19.2. The Bertz CT molecular complexity index is 972. The fourth-order valence-electron chi connectivity index (χ4n) is 4.15. The van der Waals surface area contributed by atoms with E-state index in [0.717, 1.165) is 43.1 Å². The molecule has 1 aliphatic rings. The van der Waals surface area contributed by atoms with Crippen LogP contribution in [-0.2, 0) is 13.1 Å². The molecule has 2 atom stereocenters. The summed E-state index contributed by atoms with van der Waals surface area (Å²) in [5, 5.41) is 11.5. The van der Waals surface area contributed by atoms with Crippen LogP contribution in [0, 0.1) is 0 Å². The maximum atomic E-state index is 4.47. The van der Waals surface area contributed by atoms with Crippen LogP contribution in [0.3, 0.4) is 0 Å². The standard InChI is InChI=1S/C25H32N6.HI/c1-20-15-23(13-14-30(20)18-21-9-5-3-6-10-21)29-25(26-2)27-16-22-17-28-31(19-22)24-11-7-4-8-12-24;/h3-12,17,19-20,23H,13-16,18H2,1-2H3,(H2,26,27,29);1H. The molecule has 170 valence electrons. The molecule has 0 radical (unpaired) electrons. The average Bonchev–Trinajstić information content (AvgIpc) is 3.29. The van der Waals surface area contributed by atoms with Gasteiger partial charge in [0.25, 0.3) is 0 Å². The van der Waals surface area contributed by atoms with Crippen molar-refractivity contribution >= 4 is 29.9 Å². The Morgan fingerprint density at radius 1 is 1.06 bits per heavy atom. The maximum absolute atomic E-state index is 4.47. The first-order chi connectivity index (χ1) is 15.2. The fourth-order valence-corrected chi connectivity index (χ4v) is 4.15. The lowest BCUT2D eigenvalue weighted by Gasteiger charge is -2.38. The van der Waals surface area contributed by atoms with Crippen molar-refractivity contribution in [1.29, 1.82) is 0 Å². The van der Waals surface area contributed by atoms with Gasteiger partial charge in [0.2, 0.25) is 0 Å². The molecule has 32 heavy (non-hydrogen) atoms. The number of hydrogen-bond acceptors (Lipinski definition) is 3. The molecular formula is C25H33IN6. The number of aromatic nitrogens is 2. The van der Waals surface area contributed by atoms with E-state index >= 15 is 0 Å². The summed E-state index contributed by atoms with van der Waals surface area (Å²) < 4.78 is 1.90. The van der Waals surface area contributed by atoms with E-state index in [1.165, 1.54) is 5.56 Å². The van der Waals surface area contributed by atoms with Crippen LogP contribution in [-0.4, -0.2) is 46.3 Å². The molecule has 0 aliphatic carbocycles. The van der Waals surface area contributed by atoms with E-state index in [1.807, 2.05) is 36.1 Å². The second kappa shape index (κ2) is 12.0. The van der Waals surface area contributed by atoms with Gasteiger partial charge in [-0.05, 0) is 37.5 Å². The highest BCUT2D eigenvalue weighted by atomic mass is 127. The van der Waals surface area contributed by atoms with Crippen molar-refractivity contribution < 1.29 is 0 Å². The summed E-state index contributed by atoms with van der Waals surface area (Å²) in [6, 6.07) is 21.9. The number of nitrogens with zero attached hydrogens (tertiary/aromatic N) is 4. The predicted octanol–water partition coefficient (Wildman–Crippen LogP) is 4.21. The highest BCUT2D eigenvalue weighted by Crippen LogP contribution is 2.20. The molecule has 0 amide bonds. The molecule has 0 spiro atoms. The molecule has 2 heterocycles. The number of likely N-dealkylation sites (tertiary alicyclic amines) is 1. The summed E-state index contributed by atoms with van der Waals surface area (Å²) in [7, 11) is 1.83. The second-order valence-electron chi connectivity index (χ2n) is 8.23. The van der Waals surface area contributed by atoms with Crippen LogP contribution in [0.5, 0.6) is 0 Å². The predicted molar refractivity (Wildman–Crippen MR) is 142 cm³/mol. The Morgan fingerprint density at radius 2 is 1.78 bits per heavy atom. The molecule has 6 nitrogen and oxygen atoms in total. The highest BCUT2D eigenvalue weighted by Gasteiger charge is 2.25. The zero-order valence-corrected chi connectivity index (χ0v) is 21.1. The summed E-state index contributed by atoms with van der Waals surface area (Å²) in [6.07, 6.45) is 6.18. The number of halogens is 1. The van der Waals surface area contributed by atoms with Gasteiger partial charge >= 0.3 is 0 Å². The zero-order valence-electron chi connectivity index (χ0n) is 18.8. The number of aliphatic imine (C=N–C) groups is 1. The molecule has 0 bridgehead atoms. The summed E-state index contributed by atoms with van der Waals surface area (Å²) in [4.78, 5) is 7.00. The zero-order chi connectivity index (χ0) is 21.5. The van der Waals surface area contributed by atoms with Gasteiger partial charge in [-0.1, -0.05) is 48.5 Å². The van der Waals surface area contributed by atoms with E-state index in [-0.39, 0.29) is 24.0 Å². The number of guanidine groups is 1. The van der Waals surface area contributed by atoms with Crippen molar-refractivity contribution in [2.45, 2.75) is 44.9 Å². The topological polar surface area (TPSA) is 57.5 Å². The van der Waals surface area contributed by atoms with Crippen LogP contribution in [0.4, 0.5) is 0 Å². The third-order valence-corrected chi connectivity index (χ3v) is 5.92. The SMILES string of the molecule is CN=C(NCc1cnn(-c2ccccc2)c1)NC1CCN(Cc2ccccc2)C(C)C1.I. The van der Waals surface area contributed by atoms with Crippen molar-refractivity contribution in [2.75, 3.05) is 13.6 Å². The Hall–Kier alpha value is -2.39. The lowest BCUT2D eigenvalue weighted by molar-refractivity contribution is 0.134. The summed E-state index contributed by atoms with van der Waals surface area (Å²) in [5.41, 5.74) is 3.57. The lowest BCUT2D eigenvalue weighted by atomic mass is 9.97. The van der Waals surface area contributed by atoms with E-state index in [0.29, 0.717) is 18.6 Å². The van der Waals surface area contributed by atoms with Gasteiger partial charge in [0.1, 0.15) is 0 Å². The quantitative estimate of drug-likeness (QED) is 0.278. The Kier molecular flexibility index (Phi) is 9.11. The molecule has 2 N–H and O–H groups in total. The third kappa shape index (κ3) is 6.56. The number of piperidine rings is 1. The van der Waals surface area contributed by atoms with Crippen molar-refractivity contribution in [3.8, 4) is 5.69 Å². The fraction of sp³-hybridized carbons (Fsp3) is 0.360. The summed E-state index contributed by atoms with van der Waals surface area (Å²) in [5.74, 6) is 0.848. The van der Waals surface area contributed by atoms with Crippen molar-refractivity contribution in [2.24, 2.45) is 4.99 Å². The molecule has 1 aliphatic heterocycles. The lowest BCUT2D eigenvalue weighted by Crippen LogP contribution is -2.51. The number of para-hydroxylation sites is 1. The Labute approximate surface area is 208 Å². The molecule has 2 unspecified atom stereocenters. The van der Waals surface area contributed by atoms with Crippen molar-refractivity contribution in [3.63, 3.8) is 0 Å². The van der Waals surface area contributed by atoms with Gasteiger partial charge in [-0.25, -0.2) is 4.68 Å². The van der Waals surface area contributed by atoms with Gasteiger partial charge in [-0.3, -0.25) is 9.89 Å². The van der Waals surface area contributed by atoms with Crippen LogP contribution in [0.1, 0.15) is 30.9 Å². The molecule has 1 aromatic heterocycles. The average molecular weight is 544 g/mol. The first kappa shape index (κ1) is 24.3. The van der Waals surface area contributed by atoms with E-state index in [4.69, 9.17) is 0 Å². The molecular weight excluding hydrogens is 511 g/mol. The van der Waals surface area contributed by atoms with Gasteiger partial charge in [0, 0.05) is 50.5 Å². The Morgan fingerprint density at radius 3 is 2.47 bits per heavy atom. The molecule has 1 fully saturated rings. The van der Waals surface area contributed by atoms with E-state index < -0.39 is 0 Å². The van der Waals surface area contributed by atoms with Crippen molar-refractivity contribution in [3.05, 3.63) is 84.2 Å². The second-order valence-corrected chi connectivity index (χ2v) is 8.23. The third-order valence-electron chi connectivity index (χ3n) is 5.92. The minimum Gasteiger partial charge on any atom is -0.354 e. The van der Waals surface area contributed by atoms with E-state index in [1.54, 1.807) is 0 Å². The molecule has 2 aromatic carbocycles. The van der Waals surface area contributed by atoms with Crippen LogP contribution >= 0.6 is 24.0 Å². The van der Waals surface area contributed by atoms with Gasteiger partial charge in [0.05, 0.1) is 11.9 Å². The largest absolute Gasteiger partial charge is 0.354 e. The van der Waals surface area contributed by atoms with Crippen LogP contribution in [0.25, 0.3) is 5.69 Å². The smallest absolute Gasteiger partial charge is 0.191 e. The molecule has 1 saturated heterocycles. The highest BCUT2D eigenvalue weighted by molar-refractivity contribution is 14.0. The van der Waals surface area contributed by atoms with E-state index in [2.05, 4.69) is 81.2 Å². The number of hydrogen-bond donors (Lipinski definition) is 2. The van der Waals surface area contributed by atoms with Gasteiger partial charge < -0.3 is 10.6 Å². The maximum Gasteiger partial charge on any atom is 0.191 e. The number of nitrogens with one attached hydrogen (secondary N) is 2. The van der Waals surface area contributed by atoms with Gasteiger partial charge in [-0.2, -0.15) is 5.10 Å². The van der Waals surface area contributed by atoms with Crippen molar-refractivity contribution in [1.82, 2.24) is 25.3 Å². The van der Waals surface area contributed by atoms with Crippen LogP contribution in [0.15, 0.2) is 78.0 Å². The van der Waals surface area contributed by atoms with Gasteiger partial charge in [-0.15, -0.1) is 24.0 Å². The number of rotatable bonds is 6. The summed E-state index contributed by atoms with van der Waals surface area (Å²) >= 11 is 0. The minimum atomic E-state index is 0. The van der Waals surface area contributed by atoms with Gasteiger partial charge in [0.15, 0.2) is 5.96 Å². The molecule has 0 saturated carbocycles. The molecule has 3 aromatic rings. The monoisotopic (exact) mass is 544 g/mol. The minimum absolute atomic E-state index is 0. The first-order valence-corrected chi connectivity index (χ1v) is 11.1. The van der Waals surface area contributed by atoms with Crippen LogP contribution < -0.4 is 10.6 Å². The van der Waals surface area contributed by atoms with E-state index in [9.17, 15) is 0 Å². The summed E-state index contributed by atoms with van der Waals surface area (Å²) in [6.45, 7) is 5.13. The number of benzene rings is 2. The first-order valence-electron chi connectivity index (χ1n) is 11.1. The molecule has 4 rings (SSSR count). The van der Waals surface area contributed by atoms with Crippen LogP contribution in [0.2, 0.25) is 0 Å². The Balaban J connectivity index is 0.00000289.